The minimum Gasteiger partial charge on any atom is -0.548 e. The third kappa shape index (κ3) is 3.59. The molecule has 2 aromatic rings. The molecule has 0 saturated carbocycles. The second kappa shape index (κ2) is 7.97. The van der Waals surface area contributed by atoms with Crippen molar-refractivity contribution >= 4 is 34.9 Å². The van der Waals surface area contributed by atoms with E-state index in [1.54, 1.807) is 4.90 Å². The molecule has 0 spiro atoms. The Bertz CT molecular complexity index is 985. The summed E-state index contributed by atoms with van der Waals surface area (Å²) in [4.78, 5) is 45.0. The Morgan fingerprint density at radius 3 is 2.70 bits per heavy atom. The number of urea groups is 1. The van der Waals surface area contributed by atoms with E-state index < -0.39 is 24.1 Å². The summed E-state index contributed by atoms with van der Waals surface area (Å²) in [5.41, 5.74) is 1.78. The van der Waals surface area contributed by atoms with Crippen molar-refractivity contribution in [3.8, 4) is 0 Å². The van der Waals surface area contributed by atoms with Gasteiger partial charge >= 0.3 is 6.03 Å². The molecule has 9 nitrogen and oxygen atoms in total. The summed E-state index contributed by atoms with van der Waals surface area (Å²) in [5, 5.41) is 14.2. The van der Waals surface area contributed by atoms with Crippen LogP contribution in [-0.2, 0) is 16.1 Å². The zero-order valence-corrected chi connectivity index (χ0v) is 17.2. The average molecular weight is 412 g/mol. The Labute approximate surface area is 174 Å². The van der Waals surface area contributed by atoms with Crippen molar-refractivity contribution in [3.05, 3.63) is 24.3 Å². The van der Waals surface area contributed by atoms with Gasteiger partial charge in [-0.2, -0.15) is 0 Å². The van der Waals surface area contributed by atoms with Gasteiger partial charge in [-0.3, -0.25) is 9.69 Å². The highest BCUT2D eigenvalue weighted by atomic mass is 16.4. The molecule has 0 unspecified atom stereocenters. The normalized spacial score (nSPS) is 19.4. The minimum absolute atomic E-state index is 0.145. The molecule has 1 aromatic heterocycles. The second-order valence-electron chi connectivity index (χ2n) is 8.34. The Morgan fingerprint density at radius 1 is 1.20 bits per heavy atom. The van der Waals surface area contributed by atoms with Gasteiger partial charge in [-0.25, -0.2) is 9.78 Å². The molecule has 9 heteroatoms. The first kappa shape index (κ1) is 20.2. The van der Waals surface area contributed by atoms with Crippen molar-refractivity contribution in [3.63, 3.8) is 0 Å². The fraction of sp³-hybridized carbons (Fsp3) is 0.524. The summed E-state index contributed by atoms with van der Waals surface area (Å²) in [7, 11) is 0. The number of carbonyl (C=O) groups excluding carboxylic acids is 3. The molecule has 1 fully saturated rings. The molecule has 2 aliphatic heterocycles. The minimum atomic E-state index is -1.25. The molecule has 30 heavy (non-hydrogen) atoms. The maximum Gasteiger partial charge on any atom is 0.324 e. The molecule has 2 aliphatic rings. The van der Waals surface area contributed by atoms with Crippen LogP contribution in [0.5, 0.6) is 0 Å². The van der Waals surface area contributed by atoms with E-state index in [1.165, 1.54) is 4.90 Å². The molecule has 3 heterocycles. The zero-order valence-electron chi connectivity index (χ0n) is 17.2. The van der Waals surface area contributed by atoms with Crippen LogP contribution < -0.4 is 15.3 Å². The molecule has 0 radical (unpaired) electrons. The van der Waals surface area contributed by atoms with Crippen LogP contribution in [-0.4, -0.2) is 57.5 Å². The highest BCUT2D eigenvalue weighted by molar-refractivity contribution is 5.97. The van der Waals surface area contributed by atoms with E-state index in [1.807, 2.05) is 42.7 Å². The van der Waals surface area contributed by atoms with Gasteiger partial charge in [-0.05, 0) is 37.3 Å². The van der Waals surface area contributed by atoms with Crippen LogP contribution in [0.2, 0.25) is 0 Å². The average Bonchev–Trinajstić information content (AvgIpc) is 3.41. The largest absolute Gasteiger partial charge is 0.548 e. The molecule has 0 aliphatic carbocycles. The smallest absolute Gasteiger partial charge is 0.324 e. The molecular formula is C21H26N5O4-. The molecule has 3 amide bonds. The number of imidazole rings is 1. The number of rotatable bonds is 5. The Kier molecular flexibility index (Phi) is 5.36. The van der Waals surface area contributed by atoms with Gasteiger partial charge in [-0.15, -0.1) is 0 Å². The van der Waals surface area contributed by atoms with E-state index in [9.17, 15) is 19.5 Å². The Balaban J connectivity index is 1.54. The number of anilines is 1. The first-order valence-corrected chi connectivity index (χ1v) is 10.4. The number of aliphatic carboxylic acids is 1. The van der Waals surface area contributed by atoms with Crippen LogP contribution in [0.1, 0.15) is 33.1 Å². The lowest BCUT2D eigenvalue weighted by Crippen LogP contribution is -2.56. The van der Waals surface area contributed by atoms with Gasteiger partial charge in [0.15, 0.2) is 0 Å². The number of amides is 3. The standard InChI is InChI=1S/C21H27N5O4/c1-13(2)12-15(18(27)24-9-5-8-17(24)19(28)29)23-21(30)26-11-10-25-16-7-4-3-6-14(16)22-20(25)26/h3-4,6-7,13,15,17H,5,8-12H2,1-2H3,(H,23,30)(H,28,29)/p-1/t15-,17+/m0/s1. The number of likely N-dealkylation sites (tertiary alicyclic amines) is 1. The fourth-order valence-electron chi connectivity index (χ4n) is 4.38. The number of para-hydroxylation sites is 2. The first-order valence-electron chi connectivity index (χ1n) is 10.4. The number of aromatic nitrogens is 2. The van der Waals surface area contributed by atoms with E-state index in [4.69, 9.17) is 0 Å². The number of benzene rings is 1. The number of hydrogen-bond donors (Lipinski definition) is 1. The monoisotopic (exact) mass is 412 g/mol. The van der Waals surface area contributed by atoms with E-state index in [-0.39, 0.29) is 11.8 Å². The maximum absolute atomic E-state index is 13.1. The molecule has 0 bridgehead atoms. The van der Waals surface area contributed by atoms with E-state index in [0.29, 0.717) is 44.8 Å². The summed E-state index contributed by atoms with van der Waals surface area (Å²) in [6.07, 6.45) is 1.42. The van der Waals surface area contributed by atoms with Crippen molar-refractivity contribution < 1.29 is 19.5 Å². The molecular weight excluding hydrogens is 386 g/mol. The quantitative estimate of drug-likeness (QED) is 0.778. The van der Waals surface area contributed by atoms with Crippen molar-refractivity contribution in [2.45, 2.75) is 51.7 Å². The number of hydrogen-bond acceptors (Lipinski definition) is 5. The van der Waals surface area contributed by atoms with Crippen molar-refractivity contribution in [1.29, 1.82) is 0 Å². The van der Waals surface area contributed by atoms with Gasteiger partial charge in [0.1, 0.15) is 6.04 Å². The number of carboxylic acid groups (broad SMARTS) is 1. The molecule has 160 valence electrons. The molecule has 4 rings (SSSR count). The lowest BCUT2D eigenvalue weighted by atomic mass is 10.0. The highest BCUT2D eigenvalue weighted by Crippen LogP contribution is 2.27. The van der Waals surface area contributed by atoms with E-state index in [2.05, 4.69) is 10.3 Å². The van der Waals surface area contributed by atoms with Crippen LogP contribution in [0.15, 0.2) is 24.3 Å². The lowest BCUT2D eigenvalue weighted by Gasteiger charge is -2.31. The van der Waals surface area contributed by atoms with Crippen molar-refractivity contribution in [2.24, 2.45) is 5.92 Å². The molecule has 2 atom stereocenters. The molecule has 1 saturated heterocycles. The van der Waals surface area contributed by atoms with Crippen molar-refractivity contribution in [2.75, 3.05) is 18.0 Å². The van der Waals surface area contributed by atoms with Crippen LogP contribution in [0.4, 0.5) is 10.7 Å². The maximum atomic E-state index is 13.1. The lowest BCUT2D eigenvalue weighted by molar-refractivity contribution is -0.310. The van der Waals surface area contributed by atoms with Crippen LogP contribution in [0.25, 0.3) is 11.0 Å². The van der Waals surface area contributed by atoms with E-state index in [0.717, 1.165) is 11.0 Å². The second-order valence-corrected chi connectivity index (χ2v) is 8.34. The third-order valence-electron chi connectivity index (χ3n) is 5.78. The summed E-state index contributed by atoms with van der Waals surface area (Å²) < 4.78 is 1.99. The third-order valence-corrected chi connectivity index (χ3v) is 5.78. The van der Waals surface area contributed by atoms with Gasteiger partial charge in [0.2, 0.25) is 11.9 Å². The predicted molar refractivity (Wildman–Crippen MR) is 109 cm³/mol. The molecule has 1 aromatic carbocycles. The number of carboxylic acids is 1. The van der Waals surface area contributed by atoms with Gasteiger partial charge in [-0.1, -0.05) is 26.0 Å². The van der Waals surface area contributed by atoms with Gasteiger partial charge in [0.25, 0.3) is 0 Å². The summed E-state index contributed by atoms with van der Waals surface area (Å²) in [6, 6.07) is 5.57. The Morgan fingerprint density at radius 2 is 1.97 bits per heavy atom. The van der Waals surface area contributed by atoms with Crippen LogP contribution in [0, 0.1) is 5.92 Å². The van der Waals surface area contributed by atoms with Gasteiger partial charge in [0, 0.05) is 19.6 Å². The highest BCUT2D eigenvalue weighted by Gasteiger charge is 2.36. The topological polar surface area (TPSA) is 111 Å². The Hall–Kier alpha value is -3.10. The first-order chi connectivity index (χ1) is 14.4. The van der Waals surface area contributed by atoms with E-state index >= 15 is 0 Å². The number of nitrogens with zero attached hydrogens (tertiary/aromatic N) is 4. The SMILES string of the molecule is CC(C)C[C@H](NC(=O)N1CCn2c1nc1ccccc12)C(=O)N1CCC[C@@H]1C(=O)[O-]. The molecule has 1 N–H and O–H groups in total. The number of fused-ring (bicyclic) bond motifs is 3. The van der Waals surface area contributed by atoms with Gasteiger partial charge < -0.3 is 24.7 Å². The van der Waals surface area contributed by atoms with Crippen molar-refractivity contribution in [1.82, 2.24) is 19.8 Å². The predicted octanol–water partition coefficient (Wildman–Crippen LogP) is 0.722. The summed E-state index contributed by atoms with van der Waals surface area (Å²) in [5.74, 6) is -0.912. The fourth-order valence-corrected chi connectivity index (χ4v) is 4.38. The van der Waals surface area contributed by atoms with Crippen LogP contribution >= 0.6 is 0 Å². The number of nitrogens with one attached hydrogen (secondary N) is 1. The number of carbonyl (C=O) groups is 3. The zero-order chi connectivity index (χ0) is 21.4. The van der Waals surface area contributed by atoms with Crippen LogP contribution in [0.3, 0.4) is 0 Å². The summed E-state index contributed by atoms with van der Waals surface area (Å²) in [6.45, 7) is 5.38. The summed E-state index contributed by atoms with van der Waals surface area (Å²) >= 11 is 0. The van der Waals surface area contributed by atoms with Gasteiger partial charge in [0.05, 0.1) is 23.0 Å².